The van der Waals surface area contributed by atoms with Gasteiger partial charge in [-0.05, 0) is 74.4 Å². The van der Waals surface area contributed by atoms with Gasteiger partial charge in [0.1, 0.15) is 6.42 Å². The molecule has 17 heteroatoms. The Morgan fingerprint density at radius 1 is 0.468 bits per heavy atom. The van der Waals surface area contributed by atoms with Crippen molar-refractivity contribution in [3.8, 4) is 11.4 Å². The van der Waals surface area contributed by atoms with Gasteiger partial charge in [0.05, 0.1) is 37.1 Å². The number of rotatable bonds is 19. The molecule has 0 spiro atoms. The molecule has 0 N–H and O–H groups in total. The molecule has 0 aromatic carbocycles. The van der Waals surface area contributed by atoms with Gasteiger partial charge in [-0.15, -0.1) is 0 Å². The maximum Gasteiger partial charge on any atom is 0.394 e. The van der Waals surface area contributed by atoms with Crippen LogP contribution in [0.1, 0.15) is 82.3 Å². The number of aryl methyl sites for hydroxylation is 2. The van der Waals surface area contributed by atoms with E-state index in [1.807, 2.05) is 0 Å². The van der Waals surface area contributed by atoms with Gasteiger partial charge in [0, 0.05) is 25.2 Å². The van der Waals surface area contributed by atoms with Crippen LogP contribution in [0.5, 0.6) is 0 Å². The van der Waals surface area contributed by atoms with Crippen LogP contribution in [0.2, 0.25) is 0 Å². The van der Waals surface area contributed by atoms with Crippen molar-refractivity contribution in [1.29, 1.82) is 0 Å². The molecule has 0 aliphatic heterocycles. The molecule has 268 valence electrons. The second-order valence-electron chi connectivity index (χ2n) is 12.0. The molecule has 0 unspecified atom stereocenters. The molecule has 0 fully saturated rings. The van der Waals surface area contributed by atoms with Gasteiger partial charge in [-0.3, -0.25) is 9.97 Å². The van der Waals surface area contributed by atoms with Crippen molar-refractivity contribution >= 4 is 0 Å². The summed E-state index contributed by atoms with van der Waals surface area (Å²) in [7, 11) is 0. The topological polar surface area (TPSA) is 25.8 Å². The average molecular weight is 707 g/mol. The van der Waals surface area contributed by atoms with Crippen molar-refractivity contribution in [2.45, 2.75) is 126 Å². The summed E-state index contributed by atoms with van der Waals surface area (Å²) < 4.78 is 200. The van der Waals surface area contributed by atoms with Crippen molar-refractivity contribution in [2.24, 2.45) is 0 Å². The summed E-state index contributed by atoms with van der Waals surface area (Å²) in [4.78, 5) is 8.26. The fraction of sp³-hybridized carbons (Fsp3) is 0.667. The first kappa shape index (κ1) is 40.4. The zero-order chi connectivity index (χ0) is 36.0. The first-order valence-corrected chi connectivity index (χ1v) is 14.4. The molecule has 0 bridgehead atoms. The zero-order valence-corrected chi connectivity index (χ0v) is 25.0. The van der Waals surface area contributed by atoms with E-state index in [0.717, 1.165) is 0 Å². The average Bonchev–Trinajstić information content (AvgIpc) is 2.81. The van der Waals surface area contributed by atoms with E-state index in [9.17, 15) is 65.9 Å². The third-order valence-corrected chi connectivity index (χ3v) is 6.76. The monoisotopic (exact) mass is 706 g/mol. The number of aromatic nitrogens is 2. The third-order valence-electron chi connectivity index (χ3n) is 6.76. The van der Waals surface area contributed by atoms with Crippen LogP contribution in [-0.4, -0.2) is 51.7 Å². The Labute approximate surface area is 261 Å². The van der Waals surface area contributed by atoms with E-state index >= 15 is 0 Å². The SMILES string of the molecule is CC(F)(F)CC(F)(F)CC(F)(F)CCCCc1ccnc(-c2cc(CCCC(F)(F)CC(F)(F)CC(F)(F)CC(F)(F)F)ccn2)c1. The van der Waals surface area contributed by atoms with Gasteiger partial charge in [-0.25, -0.2) is 52.7 Å². The number of hydrogen-bond acceptors (Lipinski definition) is 2. The molecule has 0 amide bonds. The summed E-state index contributed by atoms with van der Waals surface area (Å²) in [5, 5.41) is 0. The summed E-state index contributed by atoms with van der Waals surface area (Å²) in [6, 6.07) is 5.99. The molecule has 0 saturated carbocycles. The molecule has 2 rings (SSSR count). The van der Waals surface area contributed by atoms with Crippen molar-refractivity contribution < 1.29 is 65.9 Å². The fourth-order valence-electron chi connectivity index (χ4n) is 5.05. The van der Waals surface area contributed by atoms with Crippen LogP contribution in [-0.2, 0) is 12.8 Å². The minimum absolute atomic E-state index is 0.0935. The van der Waals surface area contributed by atoms with E-state index < -0.39 is 93.1 Å². The number of alkyl halides is 15. The fourth-order valence-corrected chi connectivity index (χ4v) is 5.05. The molecule has 0 aliphatic carbocycles. The summed E-state index contributed by atoms with van der Waals surface area (Å²) >= 11 is 0. The molecule has 2 aromatic heterocycles. The Morgan fingerprint density at radius 2 is 0.851 bits per heavy atom. The Kier molecular flexibility index (Phi) is 13.1. The van der Waals surface area contributed by atoms with Crippen LogP contribution in [0.25, 0.3) is 11.4 Å². The van der Waals surface area contributed by atoms with Gasteiger partial charge in [-0.1, -0.05) is 0 Å². The molecular weight excluding hydrogens is 673 g/mol. The lowest BCUT2D eigenvalue weighted by molar-refractivity contribution is -0.214. The highest BCUT2D eigenvalue weighted by Crippen LogP contribution is 2.44. The van der Waals surface area contributed by atoms with Crippen LogP contribution in [0, 0.1) is 0 Å². The van der Waals surface area contributed by atoms with E-state index in [1.54, 1.807) is 12.1 Å². The lowest BCUT2D eigenvalue weighted by atomic mass is 9.97. The van der Waals surface area contributed by atoms with Crippen molar-refractivity contribution in [2.75, 3.05) is 0 Å². The molecule has 0 saturated heterocycles. The van der Waals surface area contributed by atoms with Crippen LogP contribution in [0.15, 0.2) is 36.7 Å². The Hall–Kier alpha value is -2.75. The van der Waals surface area contributed by atoms with Crippen molar-refractivity contribution in [3.63, 3.8) is 0 Å². The number of unbranched alkanes of at least 4 members (excludes halogenated alkanes) is 1. The highest BCUT2D eigenvalue weighted by atomic mass is 19.4. The van der Waals surface area contributed by atoms with Crippen molar-refractivity contribution in [1.82, 2.24) is 9.97 Å². The summed E-state index contributed by atoms with van der Waals surface area (Å²) in [5.41, 5.74) is 1.57. The molecule has 0 aliphatic rings. The molecule has 2 heterocycles. The lowest BCUT2D eigenvalue weighted by Gasteiger charge is -2.27. The normalized spacial score (nSPS) is 14.1. The van der Waals surface area contributed by atoms with Gasteiger partial charge < -0.3 is 0 Å². The van der Waals surface area contributed by atoms with Gasteiger partial charge in [0.15, 0.2) is 0 Å². The van der Waals surface area contributed by atoms with E-state index in [0.29, 0.717) is 16.8 Å². The van der Waals surface area contributed by atoms with E-state index in [4.69, 9.17) is 0 Å². The highest BCUT2D eigenvalue weighted by molar-refractivity contribution is 5.55. The predicted molar refractivity (Wildman–Crippen MR) is 142 cm³/mol. The number of pyridine rings is 2. The minimum Gasteiger partial charge on any atom is -0.255 e. The number of nitrogens with zero attached hydrogens (tertiary/aromatic N) is 2. The first-order valence-electron chi connectivity index (χ1n) is 14.4. The zero-order valence-electron chi connectivity index (χ0n) is 25.0. The van der Waals surface area contributed by atoms with E-state index in [1.165, 1.54) is 24.5 Å². The minimum atomic E-state index is -5.46. The maximum absolute atomic E-state index is 14.2. The van der Waals surface area contributed by atoms with Crippen LogP contribution in [0.4, 0.5) is 65.9 Å². The van der Waals surface area contributed by atoms with E-state index in [2.05, 4.69) is 9.97 Å². The van der Waals surface area contributed by atoms with Crippen LogP contribution in [0.3, 0.4) is 0 Å². The largest absolute Gasteiger partial charge is 0.394 e. The van der Waals surface area contributed by atoms with E-state index in [-0.39, 0.29) is 38.3 Å². The molecule has 0 radical (unpaired) electrons. The quantitative estimate of drug-likeness (QED) is 0.107. The summed E-state index contributed by atoms with van der Waals surface area (Å²) in [6.45, 7) is 0.219. The van der Waals surface area contributed by atoms with Gasteiger partial charge >= 0.3 is 6.18 Å². The molecule has 2 nitrogen and oxygen atoms in total. The summed E-state index contributed by atoms with van der Waals surface area (Å²) in [6.07, 6.45) is -17.1. The molecule has 0 atom stereocenters. The molecule has 47 heavy (non-hydrogen) atoms. The number of halogens is 15. The van der Waals surface area contributed by atoms with Gasteiger partial charge in [0.2, 0.25) is 0 Å². The lowest BCUT2D eigenvalue weighted by Crippen LogP contribution is -2.37. The summed E-state index contributed by atoms with van der Waals surface area (Å²) in [5.74, 6) is -25.8. The molecular formula is C30H33F15N2. The second kappa shape index (κ2) is 15.2. The van der Waals surface area contributed by atoms with Crippen LogP contribution >= 0.6 is 0 Å². The third kappa shape index (κ3) is 16.8. The van der Waals surface area contributed by atoms with Gasteiger partial charge in [0.25, 0.3) is 35.5 Å². The maximum atomic E-state index is 14.2. The first-order chi connectivity index (χ1) is 21.2. The number of hydrogen-bond donors (Lipinski definition) is 0. The second-order valence-corrected chi connectivity index (χ2v) is 12.0. The Balaban J connectivity index is 1.91. The van der Waals surface area contributed by atoms with Crippen LogP contribution < -0.4 is 0 Å². The van der Waals surface area contributed by atoms with Crippen molar-refractivity contribution in [3.05, 3.63) is 47.8 Å². The smallest absolute Gasteiger partial charge is 0.255 e. The Morgan fingerprint density at radius 3 is 1.30 bits per heavy atom. The van der Waals surface area contributed by atoms with Gasteiger partial charge in [-0.2, -0.15) is 13.2 Å². The Bertz CT molecular complexity index is 1270. The predicted octanol–water partition coefficient (Wildman–Crippen LogP) is 11.5. The molecule has 2 aromatic rings. The highest BCUT2D eigenvalue weighted by Gasteiger charge is 2.53. The standard InChI is InChI=1S/C30H33F15N2/c1-24(31,32)15-27(37,38)16-25(33,34)9-3-2-5-20-7-11-46-22(13-20)23-14-21(8-12-47-23)6-4-10-26(35,36)17-28(39,40)18-29(41,42)19-30(43,44)45/h7-8,11-14H,2-6,9-10,15-19H2,1H3.